The van der Waals surface area contributed by atoms with E-state index < -0.39 is 6.10 Å². The van der Waals surface area contributed by atoms with Crippen molar-refractivity contribution in [2.75, 3.05) is 26.2 Å². The van der Waals surface area contributed by atoms with Crippen LogP contribution >= 0.6 is 0 Å². The molecule has 1 unspecified atom stereocenters. The Morgan fingerprint density at radius 2 is 2.09 bits per heavy atom. The third-order valence-corrected chi connectivity index (χ3v) is 4.19. The average molecular weight is 324 g/mol. The van der Waals surface area contributed by atoms with Crippen LogP contribution in [0, 0.1) is 11.7 Å². The van der Waals surface area contributed by atoms with E-state index in [1.165, 1.54) is 6.07 Å². The van der Waals surface area contributed by atoms with E-state index >= 15 is 0 Å². The van der Waals surface area contributed by atoms with Crippen LogP contribution in [0.4, 0.5) is 4.39 Å². The van der Waals surface area contributed by atoms with Gasteiger partial charge in [0.15, 0.2) is 0 Å². The van der Waals surface area contributed by atoms with Crippen molar-refractivity contribution in [2.45, 2.75) is 32.0 Å². The van der Waals surface area contributed by atoms with Crippen molar-refractivity contribution in [1.82, 2.24) is 4.90 Å². The summed E-state index contributed by atoms with van der Waals surface area (Å²) in [6, 6.07) is 6.46. The third kappa shape index (κ3) is 6.25. The summed E-state index contributed by atoms with van der Waals surface area (Å²) in [5.41, 5.74) is 5.71. The molecule has 1 aliphatic heterocycles. The second-order valence-corrected chi connectivity index (χ2v) is 6.17. The molecule has 3 N–H and O–H groups in total. The molecule has 0 bridgehead atoms. The summed E-state index contributed by atoms with van der Waals surface area (Å²) in [5, 5.41) is 10.0. The first-order valence-electron chi connectivity index (χ1n) is 8.04. The Hall–Kier alpha value is -1.50. The second-order valence-electron chi connectivity index (χ2n) is 6.17. The molecule has 1 fully saturated rings. The Balaban J connectivity index is 1.63. The molecule has 5 nitrogen and oxygen atoms in total. The van der Waals surface area contributed by atoms with Gasteiger partial charge >= 0.3 is 0 Å². The first-order valence-corrected chi connectivity index (χ1v) is 8.04. The topological polar surface area (TPSA) is 75.8 Å². The molecular weight excluding hydrogens is 299 g/mol. The molecule has 6 heteroatoms. The Kier molecular flexibility index (Phi) is 6.95. The molecule has 0 radical (unpaired) electrons. The SMILES string of the molecule is NC(=O)CC1CCN(CC(O)COCc2ccccc2F)CC1. The number of β-amino-alcohol motifs (C(OH)–C–C–N with tert-alkyl or cyclic N) is 1. The van der Waals surface area contributed by atoms with Gasteiger partial charge in [-0.1, -0.05) is 18.2 Å². The van der Waals surface area contributed by atoms with E-state index in [1.54, 1.807) is 18.2 Å². The monoisotopic (exact) mass is 324 g/mol. The average Bonchev–Trinajstić information content (AvgIpc) is 2.51. The molecule has 1 saturated heterocycles. The summed E-state index contributed by atoms with van der Waals surface area (Å²) < 4.78 is 18.8. The normalized spacial score (nSPS) is 18.0. The molecule has 0 saturated carbocycles. The fourth-order valence-electron chi connectivity index (χ4n) is 2.93. The number of likely N-dealkylation sites (tertiary alicyclic amines) is 1. The van der Waals surface area contributed by atoms with Crippen LogP contribution < -0.4 is 5.73 Å². The van der Waals surface area contributed by atoms with Gasteiger partial charge in [-0.2, -0.15) is 0 Å². The van der Waals surface area contributed by atoms with E-state index in [2.05, 4.69) is 4.90 Å². The first-order chi connectivity index (χ1) is 11.0. The maximum atomic E-state index is 13.4. The summed E-state index contributed by atoms with van der Waals surface area (Å²) in [7, 11) is 0. The van der Waals surface area contributed by atoms with Gasteiger partial charge in [0.2, 0.25) is 5.91 Å². The molecule has 1 heterocycles. The smallest absolute Gasteiger partial charge is 0.217 e. The molecule has 2 rings (SSSR count). The number of hydrogen-bond acceptors (Lipinski definition) is 4. The van der Waals surface area contributed by atoms with Crippen molar-refractivity contribution >= 4 is 5.91 Å². The molecule has 1 atom stereocenters. The standard InChI is InChI=1S/C17H25FN2O3/c18-16-4-2-1-3-14(16)11-23-12-15(21)10-20-7-5-13(6-8-20)9-17(19)22/h1-4,13,15,21H,5-12H2,(H2,19,22). The van der Waals surface area contributed by atoms with Crippen LogP contribution in [0.1, 0.15) is 24.8 Å². The van der Waals surface area contributed by atoms with Gasteiger partial charge in [-0.05, 0) is 37.9 Å². The number of nitrogens with zero attached hydrogens (tertiary/aromatic N) is 1. The van der Waals surface area contributed by atoms with Crippen molar-refractivity contribution in [3.05, 3.63) is 35.6 Å². The molecular formula is C17H25FN2O3. The minimum absolute atomic E-state index is 0.157. The largest absolute Gasteiger partial charge is 0.389 e. The van der Waals surface area contributed by atoms with Crippen LogP contribution in [0.25, 0.3) is 0 Å². The first kappa shape index (κ1) is 17.8. The van der Waals surface area contributed by atoms with Crippen LogP contribution in [-0.2, 0) is 16.1 Å². The van der Waals surface area contributed by atoms with Gasteiger partial charge in [-0.3, -0.25) is 4.79 Å². The second kappa shape index (κ2) is 8.96. The minimum Gasteiger partial charge on any atom is -0.389 e. The van der Waals surface area contributed by atoms with E-state index in [4.69, 9.17) is 10.5 Å². The summed E-state index contributed by atoms with van der Waals surface area (Å²) in [5.74, 6) is -0.179. The van der Waals surface area contributed by atoms with Crippen LogP contribution in [0.3, 0.4) is 0 Å². The molecule has 1 aliphatic rings. The fraction of sp³-hybridized carbons (Fsp3) is 0.588. The van der Waals surface area contributed by atoms with Gasteiger partial charge < -0.3 is 20.5 Å². The van der Waals surface area contributed by atoms with Gasteiger partial charge in [-0.15, -0.1) is 0 Å². The van der Waals surface area contributed by atoms with E-state index in [0.29, 0.717) is 24.4 Å². The zero-order chi connectivity index (χ0) is 16.7. The highest BCUT2D eigenvalue weighted by atomic mass is 19.1. The van der Waals surface area contributed by atoms with Crippen molar-refractivity contribution in [1.29, 1.82) is 0 Å². The zero-order valence-corrected chi connectivity index (χ0v) is 13.3. The van der Waals surface area contributed by atoms with Crippen LogP contribution in [0.5, 0.6) is 0 Å². The van der Waals surface area contributed by atoms with E-state index in [9.17, 15) is 14.3 Å². The van der Waals surface area contributed by atoms with Gasteiger partial charge in [0, 0.05) is 18.5 Å². The van der Waals surface area contributed by atoms with Gasteiger partial charge in [0.05, 0.1) is 19.3 Å². The van der Waals surface area contributed by atoms with Crippen molar-refractivity contribution < 1.29 is 19.0 Å². The van der Waals surface area contributed by atoms with Crippen molar-refractivity contribution in [3.63, 3.8) is 0 Å². The summed E-state index contributed by atoms with van der Waals surface area (Å²) in [4.78, 5) is 13.1. The number of carbonyl (C=O) groups excluding carboxylic acids is 1. The third-order valence-electron chi connectivity index (χ3n) is 4.19. The predicted octanol–water partition coefficient (Wildman–Crippen LogP) is 1.29. The number of ether oxygens (including phenoxy) is 1. The van der Waals surface area contributed by atoms with Crippen LogP contribution in [0.2, 0.25) is 0 Å². The number of hydrogen-bond donors (Lipinski definition) is 2. The number of halogens is 1. The number of rotatable bonds is 8. The molecule has 128 valence electrons. The van der Waals surface area contributed by atoms with Gasteiger partial charge in [0.25, 0.3) is 0 Å². The van der Waals surface area contributed by atoms with Crippen molar-refractivity contribution in [2.24, 2.45) is 11.7 Å². The van der Waals surface area contributed by atoms with Crippen molar-refractivity contribution in [3.8, 4) is 0 Å². The number of amides is 1. The molecule has 0 spiro atoms. The lowest BCUT2D eigenvalue weighted by molar-refractivity contribution is -0.119. The number of piperidine rings is 1. The lowest BCUT2D eigenvalue weighted by Crippen LogP contribution is -2.40. The van der Waals surface area contributed by atoms with Gasteiger partial charge in [0.1, 0.15) is 5.82 Å². The summed E-state index contributed by atoms with van der Waals surface area (Å²) in [6.45, 7) is 2.56. The number of benzene rings is 1. The quantitative estimate of drug-likeness (QED) is 0.755. The van der Waals surface area contributed by atoms with Crippen LogP contribution in [0.15, 0.2) is 24.3 Å². The van der Waals surface area contributed by atoms with Gasteiger partial charge in [-0.25, -0.2) is 4.39 Å². The van der Waals surface area contributed by atoms with E-state index in [-0.39, 0.29) is 24.9 Å². The Labute approximate surface area is 136 Å². The zero-order valence-electron chi connectivity index (χ0n) is 13.3. The van der Waals surface area contributed by atoms with Crippen LogP contribution in [-0.4, -0.2) is 48.3 Å². The summed E-state index contributed by atoms with van der Waals surface area (Å²) in [6.07, 6.45) is 1.69. The molecule has 0 aliphatic carbocycles. The number of nitrogens with two attached hydrogens (primary N) is 1. The Bertz CT molecular complexity index is 504. The lowest BCUT2D eigenvalue weighted by Gasteiger charge is -2.32. The highest BCUT2D eigenvalue weighted by Gasteiger charge is 2.22. The summed E-state index contributed by atoms with van der Waals surface area (Å²) >= 11 is 0. The molecule has 1 amide bonds. The molecule has 1 aromatic rings. The Morgan fingerprint density at radius 1 is 1.39 bits per heavy atom. The molecule has 0 aromatic heterocycles. The Morgan fingerprint density at radius 3 is 2.74 bits per heavy atom. The molecule has 1 aromatic carbocycles. The van der Waals surface area contributed by atoms with E-state index in [1.807, 2.05) is 0 Å². The predicted molar refractivity (Wildman–Crippen MR) is 85.0 cm³/mol. The number of carbonyl (C=O) groups is 1. The number of primary amides is 1. The number of aliphatic hydroxyl groups is 1. The maximum Gasteiger partial charge on any atom is 0.217 e. The van der Waals surface area contributed by atoms with E-state index in [0.717, 1.165) is 25.9 Å². The highest BCUT2D eigenvalue weighted by molar-refractivity contribution is 5.73. The maximum absolute atomic E-state index is 13.4. The fourth-order valence-corrected chi connectivity index (χ4v) is 2.93. The number of aliphatic hydroxyl groups excluding tert-OH is 1. The highest BCUT2D eigenvalue weighted by Crippen LogP contribution is 2.20. The molecule has 23 heavy (non-hydrogen) atoms. The lowest BCUT2D eigenvalue weighted by atomic mass is 9.93. The minimum atomic E-state index is -0.602.